The highest BCUT2D eigenvalue weighted by molar-refractivity contribution is 14.2. The van der Waals surface area contributed by atoms with Gasteiger partial charge in [0.1, 0.15) is 5.25 Å². The highest BCUT2D eigenvalue weighted by atomic mass is 127. The Bertz CT molecular complexity index is 463. The Labute approximate surface area is 124 Å². The van der Waals surface area contributed by atoms with E-state index in [1.165, 1.54) is 6.08 Å². The maximum atomic E-state index is 12.2. The van der Waals surface area contributed by atoms with E-state index in [-0.39, 0.29) is 1.93 Å². The Morgan fingerprint density at radius 1 is 1.25 bits per heavy atom. The number of alkyl halides is 2. The lowest BCUT2D eigenvalue weighted by atomic mass is 10.2. The first-order valence-electron chi connectivity index (χ1n) is 4.61. The highest BCUT2D eigenvalue weighted by Crippen LogP contribution is 2.27. The zero-order valence-corrected chi connectivity index (χ0v) is 13.9. The van der Waals surface area contributed by atoms with E-state index in [9.17, 15) is 8.42 Å². The summed E-state index contributed by atoms with van der Waals surface area (Å²) in [5.74, 6) is 0. The minimum atomic E-state index is -3.30. The van der Waals surface area contributed by atoms with Gasteiger partial charge in [0.15, 0.2) is 9.84 Å². The molecule has 0 N–H and O–H groups in total. The molecule has 1 atom stereocenters. The van der Waals surface area contributed by atoms with Gasteiger partial charge in [0, 0.05) is 0 Å². The normalized spacial score (nSPS) is 13.8. The van der Waals surface area contributed by atoms with Crippen molar-refractivity contribution in [1.29, 1.82) is 0 Å². The van der Waals surface area contributed by atoms with Crippen LogP contribution in [0.5, 0.6) is 0 Å². The van der Waals surface area contributed by atoms with Crippen LogP contribution in [0.2, 0.25) is 0 Å². The molecule has 5 heteroatoms. The molecular formula is C11H12I2O2S. The van der Waals surface area contributed by atoms with Gasteiger partial charge in [-0.05, 0) is 19.1 Å². The van der Waals surface area contributed by atoms with E-state index in [1.54, 1.807) is 12.1 Å². The zero-order valence-electron chi connectivity index (χ0n) is 8.73. The second-order valence-corrected chi connectivity index (χ2v) is 10.6. The van der Waals surface area contributed by atoms with Gasteiger partial charge in [-0.3, -0.25) is 0 Å². The van der Waals surface area contributed by atoms with Crippen molar-refractivity contribution in [2.45, 2.75) is 19.0 Å². The van der Waals surface area contributed by atoms with Gasteiger partial charge < -0.3 is 0 Å². The monoisotopic (exact) mass is 462 g/mol. The smallest absolute Gasteiger partial charge is 0.186 e. The number of hydrogen-bond acceptors (Lipinski definition) is 2. The van der Waals surface area contributed by atoms with E-state index < -0.39 is 15.1 Å². The second kappa shape index (κ2) is 5.81. The van der Waals surface area contributed by atoms with Crippen LogP contribution in [0.15, 0.2) is 41.8 Å². The maximum absolute atomic E-state index is 12.2. The average molecular weight is 462 g/mol. The average Bonchev–Trinajstić information content (AvgIpc) is 2.18. The molecule has 0 amide bonds. The van der Waals surface area contributed by atoms with Crippen LogP contribution in [0, 0.1) is 6.92 Å². The molecule has 0 bridgehead atoms. The fraction of sp³-hybridized carbons (Fsp3) is 0.273. The number of benzene rings is 1. The molecule has 0 fully saturated rings. The fourth-order valence-corrected chi connectivity index (χ4v) is 5.51. The Kier molecular flexibility index (Phi) is 5.24. The van der Waals surface area contributed by atoms with Crippen LogP contribution in [0.4, 0.5) is 0 Å². The van der Waals surface area contributed by atoms with Crippen LogP contribution in [0.3, 0.4) is 0 Å². The quantitative estimate of drug-likeness (QED) is 0.390. The first-order valence-corrected chi connectivity index (χ1v) is 8.64. The summed E-state index contributed by atoms with van der Waals surface area (Å²) in [6.07, 6.45) is 1.50. The number of hydrogen-bond donors (Lipinski definition) is 0. The first kappa shape index (κ1) is 14.4. The lowest BCUT2D eigenvalue weighted by Gasteiger charge is -2.15. The van der Waals surface area contributed by atoms with Crippen molar-refractivity contribution < 1.29 is 8.42 Å². The molecule has 1 rings (SSSR count). The third-order valence-corrected chi connectivity index (χ3v) is 6.82. The molecule has 0 heterocycles. The van der Waals surface area contributed by atoms with E-state index in [0.717, 1.165) is 5.56 Å². The van der Waals surface area contributed by atoms with E-state index in [1.807, 2.05) is 19.1 Å². The predicted molar refractivity (Wildman–Crippen MR) is 84.2 cm³/mol. The van der Waals surface area contributed by atoms with Crippen LogP contribution < -0.4 is 0 Å². The topological polar surface area (TPSA) is 34.1 Å². The van der Waals surface area contributed by atoms with E-state index in [4.69, 9.17) is 0 Å². The van der Waals surface area contributed by atoms with E-state index >= 15 is 0 Å². The van der Waals surface area contributed by atoms with Crippen molar-refractivity contribution in [3.63, 3.8) is 0 Å². The molecule has 1 aromatic rings. The second-order valence-electron chi connectivity index (χ2n) is 3.39. The number of aryl methyl sites for hydroxylation is 1. The Balaban J connectivity index is 3.20. The summed E-state index contributed by atoms with van der Waals surface area (Å²) in [6.45, 7) is 5.53. The largest absolute Gasteiger partial charge is 0.223 e. The summed E-state index contributed by atoms with van der Waals surface area (Å²) in [5.41, 5.74) is 1.05. The van der Waals surface area contributed by atoms with E-state index in [2.05, 4.69) is 51.8 Å². The molecule has 1 unspecified atom stereocenters. The molecule has 0 aliphatic rings. The van der Waals surface area contributed by atoms with Crippen molar-refractivity contribution in [2.75, 3.05) is 0 Å². The Hall–Kier alpha value is 0.370. The molecule has 88 valence electrons. The summed E-state index contributed by atoms with van der Waals surface area (Å²) < 4.78 is 24.4. The zero-order chi connectivity index (χ0) is 12.3. The third kappa shape index (κ3) is 3.19. The Morgan fingerprint density at radius 3 is 2.12 bits per heavy atom. The van der Waals surface area contributed by atoms with Crippen molar-refractivity contribution in [1.82, 2.24) is 0 Å². The van der Waals surface area contributed by atoms with Gasteiger partial charge in [-0.25, -0.2) is 8.42 Å². The van der Waals surface area contributed by atoms with Gasteiger partial charge in [-0.15, -0.1) is 6.58 Å². The highest BCUT2D eigenvalue weighted by Gasteiger charge is 2.29. The number of rotatable bonds is 4. The SMILES string of the molecule is C=CC(C(I)I)S(=O)(=O)c1ccc(C)cc1. The molecule has 1 aromatic carbocycles. The molecule has 0 aliphatic carbocycles. The van der Waals surface area contributed by atoms with Crippen LogP contribution in [-0.4, -0.2) is 15.6 Å². The van der Waals surface area contributed by atoms with Crippen molar-refractivity contribution >= 4 is 55.0 Å². The molecular weight excluding hydrogens is 450 g/mol. The van der Waals surface area contributed by atoms with Gasteiger partial charge in [0.05, 0.1) is 6.83 Å². The summed E-state index contributed by atoms with van der Waals surface area (Å²) in [5, 5.41) is -0.545. The van der Waals surface area contributed by atoms with Gasteiger partial charge in [-0.2, -0.15) is 0 Å². The van der Waals surface area contributed by atoms with Gasteiger partial charge in [0.25, 0.3) is 0 Å². The maximum Gasteiger partial charge on any atom is 0.186 e. The summed E-state index contributed by atoms with van der Waals surface area (Å²) in [4.78, 5) is 0.362. The van der Waals surface area contributed by atoms with Gasteiger partial charge >= 0.3 is 0 Å². The van der Waals surface area contributed by atoms with Crippen molar-refractivity contribution in [3.05, 3.63) is 42.5 Å². The van der Waals surface area contributed by atoms with Crippen molar-refractivity contribution in [2.24, 2.45) is 0 Å². The number of halogens is 2. The molecule has 0 radical (unpaired) electrons. The molecule has 0 saturated carbocycles. The van der Waals surface area contributed by atoms with Gasteiger partial charge in [0.2, 0.25) is 0 Å². The number of sulfone groups is 1. The fourth-order valence-electron chi connectivity index (χ4n) is 1.25. The summed E-state index contributed by atoms with van der Waals surface area (Å²) in [7, 11) is -3.30. The van der Waals surface area contributed by atoms with Gasteiger partial charge in [-0.1, -0.05) is 69.0 Å². The minimum absolute atomic E-state index is 0.0287. The molecule has 2 nitrogen and oxygen atoms in total. The standard InChI is InChI=1S/C11H12I2O2S/c1-3-10(11(12)13)16(14,15)9-6-4-8(2)5-7-9/h3-7,10-11H,1H2,2H3. The summed E-state index contributed by atoms with van der Waals surface area (Å²) in [6, 6.07) is 6.92. The predicted octanol–water partition coefficient (Wildman–Crippen LogP) is 3.52. The lowest BCUT2D eigenvalue weighted by Crippen LogP contribution is -2.24. The van der Waals surface area contributed by atoms with Crippen LogP contribution in [0.1, 0.15) is 5.56 Å². The van der Waals surface area contributed by atoms with Crippen LogP contribution >= 0.6 is 45.2 Å². The molecule has 0 aliphatic heterocycles. The van der Waals surface area contributed by atoms with Crippen LogP contribution in [-0.2, 0) is 9.84 Å². The first-order chi connectivity index (χ1) is 7.39. The molecule has 0 spiro atoms. The molecule has 16 heavy (non-hydrogen) atoms. The van der Waals surface area contributed by atoms with E-state index in [0.29, 0.717) is 4.90 Å². The Morgan fingerprint density at radius 2 is 1.75 bits per heavy atom. The minimum Gasteiger partial charge on any atom is -0.223 e. The lowest BCUT2D eigenvalue weighted by molar-refractivity contribution is 0.591. The summed E-state index contributed by atoms with van der Waals surface area (Å²) >= 11 is 4.20. The van der Waals surface area contributed by atoms with Crippen molar-refractivity contribution in [3.8, 4) is 0 Å². The third-order valence-electron chi connectivity index (χ3n) is 2.19. The molecule has 0 saturated heterocycles. The molecule has 0 aromatic heterocycles. The van der Waals surface area contributed by atoms with Crippen LogP contribution in [0.25, 0.3) is 0 Å².